The summed E-state index contributed by atoms with van der Waals surface area (Å²) in [6.07, 6.45) is 8.96. The molecule has 3 aliphatic rings. The lowest BCUT2D eigenvalue weighted by Crippen LogP contribution is -2.62. The van der Waals surface area contributed by atoms with Crippen molar-refractivity contribution in [3.05, 3.63) is 35.6 Å². The number of nitrogens with zero attached hydrogens (tertiary/aromatic N) is 2. The van der Waals surface area contributed by atoms with Crippen LogP contribution in [0.1, 0.15) is 98.0 Å². The lowest BCUT2D eigenvalue weighted by molar-refractivity contribution is -0.147. The number of carbonyl (C=O) groups excluding carboxylic acids is 3. The Hall–Kier alpha value is -2.68. The predicted octanol–water partition coefficient (Wildman–Crippen LogP) is 5.01. The van der Waals surface area contributed by atoms with Crippen LogP contribution < -0.4 is 16.0 Å². The van der Waals surface area contributed by atoms with E-state index in [1.165, 1.54) is 18.6 Å². The third-order valence-corrected chi connectivity index (χ3v) is 9.87. The summed E-state index contributed by atoms with van der Waals surface area (Å²) in [7, 11) is 0. The van der Waals surface area contributed by atoms with Gasteiger partial charge >= 0.3 is 6.03 Å². The van der Waals surface area contributed by atoms with E-state index in [4.69, 9.17) is 0 Å². The molecule has 1 aromatic carbocycles. The van der Waals surface area contributed by atoms with Crippen molar-refractivity contribution in [1.29, 1.82) is 0 Å². The number of nitrogens with one attached hydrogen (secondary N) is 3. The highest BCUT2D eigenvalue weighted by molar-refractivity contribution is 5.88. The average Bonchev–Trinajstić information content (AvgIpc) is 3.00. The number of benzene rings is 1. The fourth-order valence-corrected chi connectivity index (χ4v) is 7.29. The Kier molecular flexibility index (Phi) is 11.1. The van der Waals surface area contributed by atoms with E-state index >= 15 is 0 Å². The van der Waals surface area contributed by atoms with E-state index in [1.807, 2.05) is 30.6 Å². The fraction of sp³-hybridized carbons (Fsp3) is 0.735. The molecule has 240 valence electrons. The topological polar surface area (TPSA) is 93.8 Å². The quantitative estimate of drug-likeness (QED) is 0.392. The van der Waals surface area contributed by atoms with Crippen molar-refractivity contribution in [3.8, 4) is 0 Å². The van der Waals surface area contributed by atoms with Crippen LogP contribution in [0.3, 0.4) is 0 Å². The highest BCUT2D eigenvalue weighted by Crippen LogP contribution is 2.46. The summed E-state index contributed by atoms with van der Waals surface area (Å²) in [5.74, 6) is -0.0391. The second kappa shape index (κ2) is 14.4. The van der Waals surface area contributed by atoms with Crippen molar-refractivity contribution < 1.29 is 18.8 Å². The first-order valence-corrected chi connectivity index (χ1v) is 16.6. The number of amides is 4. The average molecular weight is 600 g/mol. The molecule has 0 bridgehead atoms. The Morgan fingerprint density at radius 2 is 1.53 bits per heavy atom. The second-order valence-electron chi connectivity index (χ2n) is 14.1. The Bertz CT molecular complexity index is 1080. The molecule has 1 aromatic rings. The molecule has 3 fully saturated rings. The third-order valence-electron chi connectivity index (χ3n) is 9.87. The van der Waals surface area contributed by atoms with Crippen LogP contribution in [0.15, 0.2) is 24.3 Å². The van der Waals surface area contributed by atoms with Gasteiger partial charge in [0.25, 0.3) is 0 Å². The summed E-state index contributed by atoms with van der Waals surface area (Å²) in [4.78, 5) is 45.2. The molecule has 0 spiro atoms. The zero-order valence-electron chi connectivity index (χ0n) is 27.0. The van der Waals surface area contributed by atoms with Crippen molar-refractivity contribution in [2.45, 2.75) is 122 Å². The maximum atomic E-state index is 14.1. The highest BCUT2D eigenvalue weighted by Gasteiger charge is 2.49. The van der Waals surface area contributed by atoms with Gasteiger partial charge in [0.1, 0.15) is 11.9 Å². The van der Waals surface area contributed by atoms with Crippen molar-refractivity contribution in [3.63, 3.8) is 0 Å². The first-order chi connectivity index (χ1) is 20.4. The van der Waals surface area contributed by atoms with Gasteiger partial charge in [0.15, 0.2) is 0 Å². The molecule has 2 unspecified atom stereocenters. The number of carbonyl (C=O) groups is 3. The van der Waals surface area contributed by atoms with Crippen LogP contribution in [-0.2, 0) is 16.0 Å². The van der Waals surface area contributed by atoms with Crippen LogP contribution in [-0.4, -0.2) is 77.5 Å². The van der Waals surface area contributed by atoms with Crippen LogP contribution in [0.2, 0.25) is 0 Å². The Labute approximate surface area is 257 Å². The minimum absolute atomic E-state index is 0.116. The molecular formula is C34H54FN5O3. The molecule has 9 heteroatoms. The van der Waals surface area contributed by atoms with Gasteiger partial charge in [0.2, 0.25) is 11.8 Å². The van der Waals surface area contributed by atoms with Crippen LogP contribution in [0.4, 0.5) is 9.18 Å². The Morgan fingerprint density at radius 3 is 2.07 bits per heavy atom. The van der Waals surface area contributed by atoms with Crippen LogP contribution >= 0.6 is 0 Å². The van der Waals surface area contributed by atoms with E-state index in [1.54, 1.807) is 12.1 Å². The molecule has 4 rings (SSSR count). The van der Waals surface area contributed by atoms with Gasteiger partial charge in [-0.05, 0) is 82.9 Å². The van der Waals surface area contributed by atoms with Gasteiger partial charge in [0, 0.05) is 50.2 Å². The Morgan fingerprint density at radius 1 is 0.953 bits per heavy atom. The minimum atomic E-state index is -0.779. The van der Waals surface area contributed by atoms with Crippen LogP contribution in [0.5, 0.6) is 0 Å². The number of urea groups is 1. The number of piperidine rings is 1. The lowest BCUT2D eigenvalue weighted by Gasteiger charge is -2.48. The van der Waals surface area contributed by atoms with E-state index in [0.717, 1.165) is 44.1 Å². The Balaban J connectivity index is 1.51. The van der Waals surface area contributed by atoms with Crippen molar-refractivity contribution in [1.82, 2.24) is 25.8 Å². The van der Waals surface area contributed by atoms with Crippen molar-refractivity contribution >= 4 is 17.8 Å². The summed E-state index contributed by atoms with van der Waals surface area (Å²) >= 11 is 0. The van der Waals surface area contributed by atoms with E-state index in [-0.39, 0.29) is 47.7 Å². The maximum Gasteiger partial charge on any atom is 0.318 e. The van der Waals surface area contributed by atoms with Gasteiger partial charge in [0.05, 0.1) is 5.41 Å². The van der Waals surface area contributed by atoms with Crippen molar-refractivity contribution in [2.75, 3.05) is 26.2 Å². The molecule has 1 saturated carbocycles. The zero-order chi connectivity index (χ0) is 31.2. The molecule has 3 atom stereocenters. The van der Waals surface area contributed by atoms with Gasteiger partial charge in [-0.3, -0.25) is 9.59 Å². The second-order valence-corrected chi connectivity index (χ2v) is 14.1. The number of likely N-dealkylation sites (tertiary alicyclic amines) is 1. The number of halogens is 1. The maximum absolute atomic E-state index is 14.1. The van der Waals surface area contributed by atoms with E-state index in [0.29, 0.717) is 44.9 Å². The molecule has 1 aliphatic carbocycles. The number of hydrogen-bond acceptors (Lipinski definition) is 4. The van der Waals surface area contributed by atoms with Crippen LogP contribution in [0, 0.1) is 17.2 Å². The molecule has 3 N–H and O–H groups in total. The molecule has 2 heterocycles. The number of rotatable bonds is 8. The molecule has 2 aliphatic heterocycles. The number of piperazine rings is 1. The highest BCUT2D eigenvalue weighted by atomic mass is 19.1. The molecule has 43 heavy (non-hydrogen) atoms. The lowest BCUT2D eigenvalue weighted by atomic mass is 9.63. The first-order valence-electron chi connectivity index (χ1n) is 16.6. The fourth-order valence-electron chi connectivity index (χ4n) is 7.29. The van der Waals surface area contributed by atoms with Gasteiger partial charge in [-0.1, -0.05) is 45.2 Å². The third kappa shape index (κ3) is 8.49. The van der Waals surface area contributed by atoms with E-state index < -0.39 is 11.5 Å². The number of hydrogen-bond donors (Lipinski definition) is 3. The van der Waals surface area contributed by atoms with Crippen molar-refractivity contribution in [2.24, 2.45) is 11.3 Å². The summed E-state index contributed by atoms with van der Waals surface area (Å²) in [6, 6.07) is 5.53. The van der Waals surface area contributed by atoms with Crippen LogP contribution in [0.25, 0.3) is 0 Å². The minimum Gasteiger partial charge on any atom is -0.351 e. The normalized spacial score (nSPS) is 23.9. The molecule has 0 aromatic heterocycles. The molecule has 4 amide bonds. The summed E-state index contributed by atoms with van der Waals surface area (Å²) < 4.78 is 13.7. The summed E-state index contributed by atoms with van der Waals surface area (Å²) in [6.45, 7) is 12.4. The first kappa shape index (κ1) is 33.2. The van der Waals surface area contributed by atoms with E-state index in [2.05, 4.69) is 29.8 Å². The molecular weight excluding hydrogens is 545 g/mol. The smallest absolute Gasteiger partial charge is 0.318 e. The summed E-state index contributed by atoms with van der Waals surface area (Å²) in [5.41, 5.74) is -0.0182. The molecule has 0 radical (unpaired) electrons. The standard InChI is InChI=1S/C34H54FN5O3/c1-6-27-22-40(23-28(7-2)36-27)32(43)37-29(21-24-13-15-26(35)16-14-24)30(41)39-19-17-34(18-20-39,25-11-9-8-10-12-25)31(42)38-33(3,4)5/h13-16,25,27-29,36H,6-12,17-23H2,1-5H3,(H,37,43)(H,38,42)/t27?,28?,29-/m1/s1. The largest absolute Gasteiger partial charge is 0.351 e. The monoisotopic (exact) mass is 599 g/mol. The summed E-state index contributed by atoms with van der Waals surface area (Å²) in [5, 5.41) is 9.94. The SMILES string of the molecule is CCC1CN(C(=O)N[C@H](Cc2ccc(F)cc2)C(=O)N2CCC(C(=O)NC(C)(C)C)(C3CCCCC3)CC2)CC(CC)N1. The van der Waals surface area contributed by atoms with Gasteiger partial charge in [-0.15, -0.1) is 0 Å². The van der Waals surface area contributed by atoms with Gasteiger partial charge in [-0.2, -0.15) is 0 Å². The predicted molar refractivity (Wildman–Crippen MR) is 168 cm³/mol. The van der Waals surface area contributed by atoms with Gasteiger partial charge < -0.3 is 25.8 Å². The molecule has 2 saturated heterocycles. The van der Waals surface area contributed by atoms with Gasteiger partial charge in [-0.25, -0.2) is 9.18 Å². The molecule has 8 nitrogen and oxygen atoms in total. The zero-order valence-corrected chi connectivity index (χ0v) is 27.0. The van der Waals surface area contributed by atoms with E-state index in [9.17, 15) is 18.8 Å².